The van der Waals surface area contributed by atoms with E-state index >= 15 is 0 Å². The molecule has 0 bridgehead atoms. The molecule has 0 spiro atoms. The van der Waals surface area contributed by atoms with E-state index < -0.39 is 23.7 Å². The molecule has 3 amide bonds. The molecule has 0 aliphatic heterocycles. The third-order valence-electron chi connectivity index (χ3n) is 6.26. The van der Waals surface area contributed by atoms with Crippen LogP contribution in [0.4, 0.5) is 11.4 Å². The maximum Gasteiger partial charge on any atom is 0.343 e. The first kappa shape index (κ1) is 31.2. The number of benzene rings is 4. The topological polar surface area (TPSA) is 135 Å². The Kier molecular flexibility index (Phi) is 10.9. The molecule has 0 radical (unpaired) electrons. The Morgan fingerprint density at radius 1 is 0.773 bits per heavy atom. The third-order valence-corrected chi connectivity index (χ3v) is 6.26. The largest absolute Gasteiger partial charge is 0.494 e. The number of aryl methyl sites for hydroxylation is 1. The van der Waals surface area contributed by atoms with Crippen molar-refractivity contribution in [2.45, 2.75) is 26.7 Å². The number of ether oxygens (including phenoxy) is 2. The number of nitrogens with one attached hydrogen (secondary N) is 3. The molecule has 0 aliphatic rings. The maximum atomic E-state index is 12.8. The highest BCUT2D eigenvalue weighted by Gasteiger charge is 2.18. The molecule has 4 aromatic rings. The van der Waals surface area contributed by atoms with Gasteiger partial charge in [0.15, 0.2) is 0 Å². The summed E-state index contributed by atoms with van der Waals surface area (Å²) in [5.41, 5.74) is 5.12. The van der Waals surface area contributed by atoms with Crippen molar-refractivity contribution in [2.75, 3.05) is 17.2 Å². The van der Waals surface area contributed by atoms with Crippen LogP contribution >= 0.6 is 0 Å². The van der Waals surface area contributed by atoms with Gasteiger partial charge >= 0.3 is 17.8 Å². The van der Waals surface area contributed by atoms with Crippen LogP contribution < -0.4 is 25.5 Å². The average molecular weight is 593 g/mol. The van der Waals surface area contributed by atoms with E-state index in [2.05, 4.69) is 28.1 Å². The van der Waals surface area contributed by atoms with Crippen molar-refractivity contribution in [1.82, 2.24) is 5.43 Å². The molecule has 10 heteroatoms. The average Bonchev–Trinajstić information content (AvgIpc) is 3.03. The van der Waals surface area contributed by atoms with Gasteiger partial charge in [-0.05, 0) is 91.7 Å². The Bertz CT molecular complexity index is 1630. The molecule has 0 saturated carbocycles. The Morgan fingerprint density at radius 2 is 1.45 bits per heavy atom. The molecule has 0 unspecified atom stereocenters. The number of hydrazone groups is 1. The van der Waals surface area contributed by atoms with E-state index in [0.29, 0.717) is 34.9 Å². The van der Waals surface area contributed by atoms with Crippen LogP contribution in [0.25, 0.3) is 0 Å². The van der Waals surface area contributed by atoms with Gasteiger partial charge in [-0.3, -0.25) is 14.4 Å². The van der Waals surface area contributed by atoms with Crippen LogP contribution in [0.2, 0.25) is 0 Å². The number of rotatable bonds is 11. The van der Waals surface area contributed by atoms with Crippen molar-refractivity contribution in [2.24, 2.45) is 5.10 Å². The van der Waals surface area contributed by atoms with Gasteiger partial charge in [0.1, 0.15) is 11.5 Å². The zero-order valence-electron chi connectivity index (χ0n) is 24.3. The molecule has 0 fully saturated rings. The fraction of sp³-hybridized carbons (Fsp3) is 0.147. The minimum Gasteiger partial charge on any atom is -0.494 e. The standard InChI is InChI=1S/C34H32N4O6/c1-3-4-21-43-27-19-13-25(14-20-27)34(42)44-28-17-11-24(12-18-28)22-35-38-33(41)32(40)37-30-8-6-5-7-29(30)31(39)36-26-15-9-23(2)10-16-26/h5-20,22H,3-4,21H2,1-2H3,(H,36,39)(H,37,40)(H,38,41)/b35-22-. The summed E-state index contributed by atoms with van der Waals surface area (Å²) in [4.78, 5) is 50.1. The van der Waals surface area contributed by atoms with Crippen molar-refractivity contribution < 1.29 is 28.7 Å². The van der Waals surface area contributed by atoms with Gasteiger partial charge in [0.25, 0.3) is 5.91 Å². The number of para-hydroxylation sites is 1. The highest BCUT2D eigenvalue weighted by atomic mass is 16.5. The molecule has 0 heterocycles. The third kappa shape index (κ3) is 9.12. The lowest BCUT2D eigenvalue weighted by molar-refractivity contribution is -0.136. The van der Waals surface area contributed by atoms with E-state index in [-0.39, 0.29) is 11.3 Å². The van der Waals surface area contributed by atoms with Gasteiger partial charge in [-0.25, -0.2) is 10.2 Å². The van der Waals surface area contributed by atoms with Gasteiger partial charge in [0, 0.05) is 5.69 Å². The zero-order chi connectivity index (χ0) is 31.3. The zero-order valence-corrected chi connectivity index (χ0v) is 24.3. The Labute approximate surface area is 255 Å². The Morgan fingerprint density at radius 3 is 2.16 bits per heavy atom. The maximum absolute atomic E-state index is 12.8. The number of hydrogen-bond acceptors (Lipinski definition) is 7. The monoisotopic (exact) mass is 592 g/mol. The second kappa shape index (κ2) is 15.5. The van der Waals surface area contributed by atoms with Gasteiger partial charge in [0.05, 0.1) is 29.6 Å². The molecule has 3 N–H and O–H groups in total. The molecule has 0 atom stereocenters. The number of unbranched alkanes of at least 4 members (excludes halogenated alkanes) is 1. The Balaban J connectivity index is 1.26. The summed E-state index contributed by atoms with van der Waals surface area (Å²) in [5, 5.41) is 9.03. The fourth-order valence-electron chi connectivity index (χ4n) is 3.83. The SMILES string of the molecule is CCCCOc1ccc(C(=O)Oc2ccc(/C=N\NC(=O)C(=O)Nc3ccccc3C(=O)Nc3ccc(C)cc3)cc2)cc1. The fourth-order valence-corrected chi connectivity index (χ4v) is 3.83. The van der Waals surface area contributed by atoms with Gasteiger partial charge in [-0.15, -0.1) is 0 Å². The molecule has 224 valence electrons. The molecular formula is C34H32N4O6. The normalized spacial score (nSPS) is 10.6. The van der Waals surface area contributed by atoms with Gasteiger partial charge < -0.3 is 20.1 Å². The molecule has 44 heavy (non-hydrogen) atoms. The summed E-state index contributed by atoms with van der Waals surface area (Å²) >= 11 is 0. The Hall–Kier alpha value is -5.77. The molecule has 0 saturated heterocycles. The van der Waals surface area contributed by atoms with Crippen molar-refractivity contribution in [3.63, 3.8) is 0 Å². The first-order valence-corrected chi connectivity index (χ1v) is 14.0. The first-order chi connectivity index (χ1) is 21.3. The van der Waals surface area contributed by atoms with Crippen molar-refractivity contribution in [1.29, 1.82) is 0 Å². The number of hydrogen-bond donors (Lipinski definition) is 3. The second-order valence-corrected chi connectivity index (χ2v) is 9.70. The lowest BCUT2D eigenvalue weighted by Gasteiger charge is -2.11. The summed E-state index contributed by atoms with van der Waals surface area (Å²) in [6.07, 6.45) is 3.32. The highest BCUT2D eigenvalue weighted by Crippen LogP contribution is 2.19. The van der Waals surface area contributed by atoms with E-state index in [0.717, 1.165) is 18.4 Å². The lowest BCUT2D eigenvalue weighted by Crippen LogP contribution is -2.33. The summed E-state index contributed by atoms with van der Waals surface area (Å²) in [6.45, 7) is 4.64. The molecule has 0 aliphatic carbocycles. The second-order valence-electron chi connectivity index (χ2n) is 9.70. The molecule has 4 aromatic carbocycles. The summed E-state index contributed by atoms with van der Waals surface area (Å²) in [7, 11) is 0. The number of amides is 3. The van der Waals surface area contributed by atoms with Crippen LogP contribution in [0.3, 0.4) is 0 Å². The van der Waals surface area contributed by atoms with Crippen LogP contribution in [0.15, 0.2) is 102 Å². The molecular weight excluding hydrogens is 560 g/mol. The summed E-state index contributed by atoms with van der Waals surface area (Å²) in [6, 6.07) is 26.8. The number of carbonyl (C=O) groups excluding carboxylic acids is 4. The van der Waals surface area contributed by atoms with E-state index in [1.807, 2.05) is 19.1 Å². The van der Waals surface area contributed by atoms with Crippen molar-refractivity contribution in [3.05, 3.63) is 119 Å². The lowest BCUT2D eigenvalue weighted by atomic mass is 10.1. The first-order valence-electron chi connectivity index (χ1n) is 14.0. The number of anilines is 2. The predicted molar refractivity (Wildman–Crippen MR) is 168 cm³/mol. The highest BCUT2D eigenvalue weighted by molar-refractivity contribution is 6.40. The number of esters is 1. The van der Waals surface area contributed by atoms with Crippen LogP contribution in [-0.4, -0.2) is 36.5 Å². The van der Waals surface area contributed by atoms with E-state index in [9.17, 15) is 19.2 Å². The molecule has 0 aromatic heterocycles. The van der Waals surface area contributed by atoms with Gasteiger partial charge in [-0.2, -0.15) is 5.10 Å². The minimum absolute atomic E-state index is 0.169. The van der Waals surface area contributed by atoms with E-state index in [1.165, 1.54) is 18.3 Å². The smallest absolute Gasteiger partial charge is 0.343 e. The van der Waals surface area contributed by atoms with Crippen molar-refractivity contribution >= 4 is 41.3 Å². The number of carbonyl (C=O) groups is 4. The minimum atomic E-state index is -1.03. The predicted octanol–water partition coefficient (Wildman–Crippen LogP) is 5.73. The quantitative estimate of drug-likeness (QED) is 0.0508. The molecule has 4 rings (SSSR count). The number of nitrogens with zero attached hydrogens (tertiary/aromatic N) is 1. The van der Waals surface area contributed by atoms with Crippen LogP contribution in [0, 0.1) is 6.92 Å². The van der Waals surface area contributed by atoms with Crippen LogP contribution in [-0.2, 0) is 9.59 Å². The van der Waals surface area contributed by atoms with Crippen LogP contribution in [0.1, 0.15) is 51.6 Å². The van der Waals surface area contributed by atoms with Gasteiger partial charge in [0.2, 0.25) is 0 Å². The van der Waals surface area contributed by atoms with Gasteiger partial charge in [-0.1, -0.05) is 43.2 Å². The van der Waals surface area contributed by atoms with Crippen molar-refractivity contribution in [3.8, 4) is 11.5 Å². The van der Waals surface area contributed by atoms with E-state index in [4.69, 9.17) is 9.47 Å². The summed E-state index contributed by atoms with van der Waals surface area (Å²) in [5.74, 6) is -1.97. The van der Waals surface area contributed by atoms with E-state index in [1.54, 1.807) is 72.8 Å². The summed E-state index contributed by atoms with van der Waals surface area (Å²) < 4.78 is 11.0. The molecule has 10 nitrogen and oxygen atoms in total. The van der Waals surface area contributed by atoms with Crippen LogP contribution in [0.5, 0.6) is 11.5 Å².